The number of piperidine rings is 3. The molecule has 5 aliphatic heterocycles. The summed E-state index contributed by atoms with van der Waals surface area (Å²) in [6.07, 6.45) is 18.3. The molecule has 4 fully saturated rings. The Bertz CT molecular complexity index is 4130. The van der Waals surface area contributed by atoms with Crippen molar-refractivity contribution in [2.24, 2.45) is 32.8 Å². The zero-order chi connectivity index (χ0) is 68.1. The minimum Gasteiger partial charge on any atom is -0.507 e. The first-order valence-corrected chi connectivity index (χ1v) is 36.7. The quantitative estimate of drug-likeness (QED) is 0.0496. The summed E-state index contributed by atoms with van der Waals surface area (Å²) < 4.78 is 6.34. The van der Waals surface area contributed by atoms with Gasteiger partial charge < -0.3 is 34.6 Å². The summed E-state index contributed by atoms with van der Waals surface area (Å²) in [7, 11) is 0. The lowest BCUT2D eigenvalue weighted by molar-refractivity contribution is -0.120. The van der Waals surface area contributed by atoms with Crippen molar-refractivity contribution in [1.29, 1.82) is 0 Å². The summed E-state index contributed by atoms with van der Waals surface area (Å²) in [5.41, 5.74) is 15.1. The molecule has 3 saturated heterocycles. The van der Waals surface area contributed by atoms with Gasteiger partial charge in [-0.2, -0.15) is 5.10 Å². The highest BCUT2D eigenvalue weighted by molar-refractivity contribution is 6.27. The third-order valence-electron chi connectivity index (χ3n) is 23.9. The molecule has 8 atom stereocenters. The maximum absolute atomic E-state index is 13.2. The molecular weight excluding hydrogens is 1190 g/mol. The molecule has 1 spiro atoms. The number of anilines is 1. The highest BCUT2D eigenvalue weighted by atomic mass is 16.3. The molecule has 1 saturated carbocycles. The molecule has 0 bridgehead atoms. The smallest absolute Gasteiger partial charge is 0.206 e. The molecule has 5 heterocycles. The fraction of sp³-hybridized carbons (Fsp3) is 0.613. The van der Waals surface area contributed by atoms with E-state index in [-0.39, 0.29) is 81.7 Å². The molecule has 0 aromatic heterocycles. The highest BCUT2D eigenvalue weighted by Gasteiger charge is 2.50. The lowest BCUT2D eigenvalue weighted by Gasteiger charge is -2.43. The molecule has 15 nitrogen and oxygen atoms in total. The second kappa shape index (κ2) is 26.4. The maximum atomic E-state index is 13.2. The van der Waals surface area contributed by atoms with Crippen LogP contribution in [-0.4, -0.2) is 98.0 Å². The number of Topliss-reactive ketones (excluding diaryl/α,β-unsaturated/α-hetero) is 2. The standard InChI is InChI=1S/C24H28N2O3.C19H28N2O2.C19H26N2O.C18H25NO2/c1-12(2)18-23(28)20-14(4)13(3)19(20)22-24(18)29-17-11-15(10-16(27)21(17)25-22)26-8-6-5-7-9-26;1-11(2)15-14(10-20-21-8-6-5-7-9-21)18(22)16-12(3)13(4)17(16)19(15)23;1-10(2)13-16-17(14-11(3)12(4)15(14)18(13)22)21-19(20-16)8-6-5-7-9-19;1-10(2)13-16(19-8-6-5-7-9-19)18(21)15-12(4)11(3)14(15)17(13)20/h10-14,27H,5-9H2,1-4H3;10-13,22-23H,5-9H2,1-4H3;10-12,22H,5-9H2,1-4H3;10-12H,5-9H2,1-4H3/b;20-10+;;/t13-,14+;12-,13+;2*11-,12+/m0001/s1. The molecule has 3 aromatic carbocycles. The summed E-state index contributed by atoms with van der Waals surface area (Å²) in [6, 6.07) is 3.76. The second-order valence-corrected chi connectivity index (χ2v) is 31.2. The fourth-order valence-corrected chi connectivity index (χ4v) is 17.8. The van der Waals surface area contributed by atoms with E-state index in [0.717, 1.165) is 161 Å². The molecule has 95 heavy (non-hydrogen) atoms. The van der Waals surface area contributed by atoms with Crippen molar-refractivity contribution in [2.75, 3.05) is 44.2 Å². The van der Waals surface area contributed by atoms with Crippen LogP contribution < -0.4 is 21.0 Å². The van der Waals surface area contributed by atoms with E-state index in [1.807, 2.05) is 47.6 Å². The van der Waals surface area contributed by atoms with Gasteiger partial charge in [0, 0.05) is 118 Å². The van der Waals surface area contributed by atoms with Crippen LogP contribution in [-0.2, 0) is 9.59 Å². The van der Waals surface area contributed by atoms with E-state index in [1.165, 1.54) is 56.9 Å². The van der Waals surface area contributed by atoms with Crippen LogP contribution in [0.2, 0.25) is 0 Å². The third kappa shape index (κ3) is 11.5. The van der Waals surface area contributed by atoms with Gasteiger partial charge in [0.2, 0.25) is 5.78 Å². The molecule has 15 heteroatoms. The van der Waals surface area contributed by atoms with Crippen molar-refractivity contribution >= 4 is 34.6 Å². The number of carbonyl (C=O) groups excluding carboxylic acids is 2. The largest absolute Gasteiger partial charge is 0.507 e. The van der Waals surface area contributed by atoms with E-state index < -0.39 is 0 Å². The topological polar surface area (TPSA) is 205 Å². The van der Waals surface area contributed by atoms with Crippen LogP contribution in [0.15, 0.2) is 58.8 Å². The summed E-state index contributed by atoms with van der Waals surface area (Å²) in [5, 5.41) is 51.9. The Kier molecular flexibility index (Phi) is 18.9. The molecule has 4 N–H and O–H groups in total. The molecular formula is C80H107N7O8. The van der Waals surface area contributed by atoms with Crippen molar-refractivity contribution < 1.29 is 34.4 Å². The average molecular weight is 1290 g/mol. The summed E-state index contributed by atoms with van der Waals surface area (Å²) in [6.45, 7) is 39.3. The minimum atomic E-state index is -0.218. The zero-order valence-electron chi connectivity index (χ0n) is 59.9. The van der Waals surface area contributed by atoms with Crippen LogP contribution in [0.1, 0.15) is 310 Å². The van der Waals surface area contributed by atoms with Crippen molar-refractivity contribution in [3.05, 3.63) is 111 Å². The van der Waals surface area contributed by atoms with Gasteiger partial charge in [-0.15, -0.1) is 0 Å². The number of aromatic hydroxyl groups is 4. The Morgan fingerprint density at radius 1 is 0.505 bits per heavy atom. The van der Waals surface area contributed by atoms with Crippen LogP contribution in [0.4, 0.5) is 5.69 Å². The van der Waals surface area contributed by atoms with Crippen molar-refractivity contribution in [2.45, 2.75) is 260 Å². The zero-order valence-corrected chi connectivity index (χ0v) is 59.9. The van der Waals surface area contributed by atoms with Crippen LogP contribution >= 0.6 is 0 Å². The Balaban J connectivity index is 0.000000122. The number of benzene rings is 4. The van der Waals surface area contributed by atoms with Crippen LogP contribution in [0.5, 0.6) is 23.0 Å². The first-order valence-electron chi connectivity index (χ1n) is 36.7. The Labute approximate surface area is 563 Å². The Morgan fingerprint density at radius 3 is 1.55 bits per heavy atom. The predicted octanol–water partition coefficient (Wildman–Crippen LogP) is 16.4. The molecule has 12 aliphatic rings. The highest BCUT2D eigenvalue weighted by Crippen LogP contribution is 2.58. The van der Waals surface area contributed by atoms with E-state index in [2.05, 4.69) is 89.1 Å². The monoisotopic (exact) mass is 1290 g/mol. The molecule has 0 amide bonds. The van der Waals surface area contributed by atoms with Gasteiger partial charge in [0.25, 0.3) is 0 Å². The summed E-state index contributed by atoms with van der Waals surface area (Å²) >= 11 is 0. The number of likely N-dealkylation sites (tertiary alicyclic amines) is 1. The van der Waals surface area contributed by atoms with Crippen LogP contribution in [0, 0.1) is 17.8 Å². The Hall–Kier alpha value is -7.03. The van der Waals surface area contributed by atoms with Crippen molar-refractivity contribution in [3.63, 3.8) is 0 Å². The number of carbonyl (C=O) groups is 2. The number of fused-ring (bicyclic) bond motifs is 8. The van der Waals surface area contributed by atoms with Crippen LogP contribution in [0.25, 0.3) is 22.6 Å². The van der Waals surface area contributed by atoms with E-state index >= 15 is 0 Å². The Morgan fingerprint density at radius 2 is 0.979 bits per heavy atom. The number of hydrazone groups is 1. The minimum absolute atomic E-state index is 0.0419. The van der Waals surface area contributed by atoms with Gasteiger partial charge in [-0.1, -0.05) is 117 Å². The molecule has 0 radical (unpaired) electrons. The summed E-state index contributed by atoms with van der Waals surface area (Å²) in [4.78, 5) is 58.7. The average Bonchev–Trinajstić information content (AvgIpc) is 1.39. The first kappa shape index (κ1) is 67.9. The van der Waals surface area contributed by atoms with E-state index in [9.17, 15) is 34.8 Å². The number of phenols is 4. The molecule has 15 rings (SSSR count). The van der Waals surface area contributed by atoms with E-state index in [4.69, 9.17) is 19.4 Å². The fourth-order valence-electron chi connectivity index (χ4n) is 17.8. The number of hydrogen-bond acceptors (Lipinski definition) is 15. The normalized spacial score (nSPS) is 25.5. The molecule has 0 unspecified atom stereocenters. The third-order valence-corrected chi connectivity index (χ3v) is 23.9. The van der Waals surface area contributed by atoms with Crippen molar-refractivity contribution in [3.8, 4) is 34.5 Å². The molecule has 7 aliphatic carbocycles. The predicted molar refractivity (Wildman–Crippen MR) is 379 cm³/mol. The summed E-state index contributed by atoms with van der Waals surface area (Å²) in [5.74, 6) is 5.17. The number of allylic oxidation sites excluding steroid dienone is 3. The van der Waals surface area contributed by atoms with Gasteiger partial charge in [0.1, 0.15) is 34.2 Å². The molecule has 510 valence electrons. The van der Waals surface area contributed by atoms with Gasteiger partial charge in [-0.25, -0.2) is 4.98 Å². The van der Waals surface area contributed by atoms with Gasteiger partial charge in [-0.3, -0.25) is 29.4 Å². The van der Waals surface area contributed by atoms with Crippen LogP contribution in [0.3, 0.4) is 0 Å². The molecule has 3 aromatic rings. The van der Waals surface area contributed by atoms with Gasteiger partial charge in [0.05, 0.1) is 22.6 Å². The SMILES string of the molecule is CC(C)C1=C(N2CCCCC2)C(=O)C2=C(C1=O)[C@H](C)[C@@H]2C.CC(C)c1c(O)c2c(c(O)c1/C=N/N1CCCCC1)[C@@H](C)[C@H]2C.CC(C)c1c(O)c2c(c3c1=NC1(CCCCC1)N=3)[C@@H](C)[C@H]2C.CC(C)c1c2oc3cc(N4CCCCC4)cc(O)c3nc-2c2c(c1=O)[C@H](C)[C@@H]2C. The lowest BCUT2D eigenvalue weighted by atomic mass is 9.61. The van der Waals surface area contributed by atoms with Gasteiger partial charge in [0.15, 0.2) is 28.2 Å². The first-order chi connectivity index (χ1) is 45.2. The number of aromatic nitrogens is 1. The van der Waals surface area contributed by atoms with E-state index in [1.54, 1.807) is 12.3 Å². The number of phenolic OH excluding ortho intramolecular Hbond substituents is 4. The number of nitrogens with zero attached hydrogens (tertiary/aromatic N) is 7. The lowest BCUT2D eigenvalue weighted by Crippen LogP contribution is -2.46. The number of ketones is 2. The maximum Gasteiger partial charge on any atom is 0.206 e. The van der Waals surface area contributed by atoms with E-state index in [0.29, 0.717) is 63.0 Å². The second-order valence-electron chi connectivity index (χ2n) is 31.2. The van der Waals surface area contributed by atoms with Gasteiger partial charge in [-0.05, 0) is 166 Å². The number of hydrogen-bond donors (Lipinski definition) is 4. The number of rotatable bonds is 8. The van der Waals surface area contributed by atoms with Crippen molar-refractivity contribution in [1.82, 2.24) is 14.9 Å². The van der Waals surface area contributed by atoms with Gasteiger partial charge >= 0.3 is 0 Å².